The van der Waals surface area contributed by atoms with Gasteiger partial charge in [-0.15, -0.1) is 0 Å². The van der Waals surface area contributed by atoms with Gasteiger partial charge in [0.1, 0.15) is 5.54 Å². The van der Waals surface area contributed by atoms with Gasteiger partial charge in [0.25, 0.3) is 0 Å². The van der Waals surface area contributed by atoms with E-state index in [4.69, 9.17) is 4.74 Å². The molecule has 4 nitrogen and oxygen atoms in total. The maximum Gasteiger partial charge on any atom is 0.325 e. The van der Waals surface area contributed by atoms with Gasteiger partial charge in [-0.1, -0.05) is 13.3 Å². The van der Waals surface area contributed by atoms with E-state index in [-0.39, 0.29) is 12.0 Å². The van der Waals surface area contributed by atoms with Gasteiger partial charge < -0.3 is 9.64 Å². The van der Waals surface area contributed by atoms with Crippen molar-refractivity contribution >= 4 is 5.97 Å². The van der Waals surface area contributed by atoms with Crippen LogP contribution in [-0.4, -0.2) is 48.7 Å². The standard InChI is InChI=1S/C17H34N2O2/c1-7-19(12-15-9-8-10-15)14(4)11-17(5,16(20)21-6)18-13(2)3/h13-15,18H,7-12H2,1-6H3. The molecule has 1 fully saturated rings. The first-order chi connectivity index (χ1) is 9.82. The number of methoxy groups -OCH3 is 1. The second-order valence-corrected chi connectivity index (χ2v) is 7.06. The van der Waals surface area contributed by atoms with Crippen molar-refractivity contribution in [1.29, 1.82) is 0 Å². The van der Waals surface area contributed by atoms with Gasteiger partial charge in [0.2, 0.25) is 0 Å². The second-order valence-electron chi connectivity index (χ2n) is 7.06. The predicted octanol–water partition coefficient (Wildman–Crippen LogP) is 2.82. The van der Waals surface area contributed by atoms with Crippen molar-refractivity contribution < 1.29 is 9.53 Å². The normalized spacial score (nSPS) is 20.2. The summed E-state index contributed by atoms with van der Waals surface area (Å²) in [5.74, 6) is 0.692. The smallest absolute Gasteiger partial charge is 0.325 e. The maximum absolute atomic E-state index is 12.2. The molecule has 0 aromatic heterocycles. The van der Waals surface area contributed by atoms with E-state index in [9.17, 15) is 4.79 Å². The van der Waals surface area contributed by atoms with Gasteiger partial charge >= 0.3 is 5.97 Å². The molecule has 0 bridgehead atoms. The van der Waals surface area contributed by atoms with Gasteiger partial charge in [0.15, 0.2) is 0 Å². The van der Waals surface area contributed by atoms with Crippen LogP contribution in [-0.2, 0) is 9.53 Å². The molecule has 0 spiro atoms. The Hall–Kier alpha value is -0.610. The molecule has 21 heavy (non-hydrogen) atoms. The Kier molecular flexibility index (Phi) is 7.14. The molecule has 1 aliphatic rings. The summed E-state index contributed by atoms with van der Waals surface area (Å²) in [6.07, 6.45) is 4.88. The summed E-state index contributed by atoms with van der Waals surface area (Å²) in [7, 11) is 1.47. The monoisotopic (exact) mass is 298 g/mol. The van der Waals surface area contributed by atoms with Crippen LogP contribution in [0.1, 0.15) is 60.3 Å². The minimum absolute atomic E-state index is 0.164. The van der Waals surface area contributed by atoms with E-state index in [2.05, 4.69) is 37.9 Å². The topological polar surface area (TPSA) is 41.6 Å². The highest BCUT2D eigenvalue weighted by Gasteiger charge is 2.37. The van der Waals surface area contributed by atoms with Gasteiger partial charge in [-0.2, -0.15) is 0 Å². The average molecular weight is 298 g/mol. The Bertz CT molecular complexity index is 329. The van der Waals surface area contributed by atoms with E-state index >= 15 is 0 Å². The number of nitrogens with one attached hydrogen (secondary N) is 1. The highest BCUT2D eigenvalue weighted by molar-refractivity contribution is 5.80. The zero-order valence-corrected chi connectivity index (χ0v) is 14.7. The largest absolute Gasteiger partial charge is 0.468 e. The number of hydrogen-bond acceptors (Lipinski definition) is 4. The zero-order chi connectivity index (χ0) is 16.0. The fourth-order valence-electron chi connectivity index (χ4n) is 3.41. The Morgan fingerprint density at radius 3 is 2.38 bits per heavy atom. The number of rotatable bonds is 9. The van der Waals surface area contributed by atoms with Crippen molar-refractivity contribution in [3.8, 4) is 0 Å². The molecule has 0 aromatic carbocycles. The highest BCUT2D eigenvalue weighted by Crippen LogP contribution is 2.28. The quantitative estimate of drug-likeness (QED) is 0.665. The minimum Gasteiger partial charge on any atom is -0.468 e. The van der Waals surface area contributed by atoms with Crippen LogP contribution in [0.25, 0.3) is 0 Å². The lowest BCUT2D eigenvalue weighted by atomic mass is 9.84. The third-order valence-corrected chi connectivity index (χ3v) is 4.69. The Morgan fingerprint density at radius 2 is 2.00 bits per heavy atom. The van der Waals surface area contributed by atoms with Crippen molar-refractivity contribution in [2.45, 2.75) is 77.9 Å². The molecule has 1 aliphatic carbocycles. The fourth-order valence-corrected chi connectivity index (χ4v) is 3.41. The van der Waals surface area contributed by atoms with E-state index in [1.807, 2.05) is 6.92 Å². The minimum atomic E-state index is -0.616. The molecule has 0 saturated heterocycles. The molecule has 124 valence electrons. The lowest BCUT2D eigenvalue weighted by molar-refractivity contribution is -0.149. The van der Waals surface area contributed by atoms with E-state index < -0.39 is 5.54 Å². The van der Waals surface area contributed by atoms with Gasteiger partial charge in [-0.3, -0.25) is 10.1 Å². The van der Waals surface area contributed by atoms with Crippen molar-refractivity contribution in [3.05, 3.63) is 0 Å². The molecule has 2 unspecified atom stereocenters. The predicted molar refractivity (Wildman–Crippen MR) is 87.4 cm³/mol. The molecule has 0 radical (unpaired) electrons. The number of carbonyl (C=O) groups is 1. The summed E-state index contributed by atoms with van der Waals surface area (Å²) in [5, 5.41) is 3.40. The summed E-state index contributed by atoms with van der Waals surface area (Å²) in [6, 6.07) is 0.619. The number of ether oxygens (including phenoxy) is 1. The molecule has 2 atom stereocenters. The maximum atomic E-state index is 12.2. The highest BCUT2D eigenvalue weighted by atomic mass is 16.5. The Balaban J connectivity index is 2.67. The number of nitrogens with zero attached hydrogens (tertiary/aromatic N) is 1. The molecule has 1 rings (SSSR count). The Labute approximate surface area is 130 Å². The van der Waals surface area contributed by atoms with Crippen LogP contribution < -0.4 is 5.32 Å². The van der Waals surface area contributed by atoms with Crippen LogP contribution in [0.5, 0.6) is 0 Å². The molecule has 0 aliphatic heterocycles. The van der Waals surface area contributed by atoms with Crippen LogP contribution in [0.4, 0.5) is 0 Å². The molecular weight excluding hydrogens is 264 g/mol. The molecule has 1 saturated carbocycles. The molecule has 1 N–H and O–H groups in total. The van der Waals surface area contributed by atoms with E-state index in [1.165, 1.54) is 26.4 Å². The zero-order valence-electron chi connectivity index (χ0n) is 14.7. The first-order valence-electron chi connectivity index (χ1n) is 8.42. The molecule has 0 amide bonds. The average Bonchev–Trinajstić information content (AvgIpc) is 2.35. The van der Waals surface area contributed by atoms with Crippen LogP contribution in [0.3, 0.4) is 0 Å². The molecular formula is C17H34N2O2. The third kappa shape index (κ3) is 5.26. The lowest BCUT2D eigenvalue weighted by Gasteiger charge is -2.39. The van der Waals surface area contributed by atoms with Crippen LogP contribution in [0.15, 0.2) is 0 Å². The van der Waals surface area contributed by atoms with Gasteiger partial charge in [-0.05, 0) is 59.4 Å². The third-order valence-electron chi connectivity index (χ3n) is 4.69. The molecule has 0 heterocycles. The second kappa shape index (κ2) is 8.14. The summed E-state index contributed by atoms with van der Waals surface area (Å²) in [4.78, 5) is 14.7. The fraction of sp³-hybridized carbons (Fsp3) is 0.941. The van der Waals surface area contributed by atoms with E-state index in [1.54, 1.807) is 0 Å². The van der Waals surface area contributed by atoms with Crippen LogP contribution >= 0.6 is 0 Å². The number of hydrogen-bond donors (Lipinski definition) is 1. The first kappa shape index (κ1) is 18.4. The SMILES string of the molecule is CCN(CC1CCC1)C(C)CC(C)(NC(C)C)C(=O)OC. The summed E-state index contributed by atoms with van der Waals surface area (Å²) in [5.41, 5.74) is -0.616. The Morgan fingerprint density at radius 1 is 1.38 bits per heavy atom. The van der Waals surface area contributed by atoms with E-state index in [0.29, 0.717) is 6.04 Å². The summed E-state index contributed by atoms with van der Waals surface area (Å²) >= 11 is 0. The first-order valence-corrected chi connectivity index (χ1v) is 8.42. The van der Waals surface area contributed by atoms with Gasteiger partial charge in [0.05, 0.1) is 7.11 Å². The van der Waals surface area contributed by atoms with Crippen LogP contribution in [0, 0.1) is 5.92 Å². The van der Waals surface area contributed by atoms with E-state index in [0.717, 1.165) is 25.4 Å². The molecule has 0 aromatic rings. The van der Waals surface area contributed by atoms with Crippen molar-refractivity contribution in [2.24, 2.45) is 5.92 Å². The number of carbonyl (C=O) groups excluding carboxylic acids is 1. The summed E-state index contributed by atoms with van der Waals surface area (Å²) < 4.78 is 5.02. The van der Waals surface area contributed by atoms with Gasteiger partial charge in [0, 0.05) is 18.6 Å². The lowest BCUT2D eigenvalue weighted by Crippen LogP contribution is -2.56. The molecule has 4 heteroatoms. The van der Waals surface area contributed by atoms with Crippen LogP contribution in [0.2, 0.25) is 0 Å². The van der Waals surface area contributed by atoms with Crippen molar-refractivity contribution in [2.75, 3.05) is 20.2 Å². The summed E-state index contributed by atoms with van der Waals surface area (Å²) in [6.45, 7) is 12.7. The van der Waals surface area contributed by atoms with Gasteiger partial charge in [-0.25, -0.2) is 0 Å². The number of esters is 1. The van der Waals surface area contributed by atoms with Crippen molar-refractivity contribution in [3.63, 3.8) is 0 Å². The van der Waals surface area contributed by atoms with Crippen molar-refractivity contribution in [1.82, 2.24) is 10.2 Å².